The maximum Gasteiger partial charge on any atom is 0.139 e. The van der Waals surface area contributed by atoms with E-state index >= 15 is 0 Å². The summed E-state index contributed by atoms with van der Waals surface area (Å²) < 4.78 is 5.36. The van der Waals surface area contributed by atoms with Gasteiger partial charge in [-0.1, -0.05) is 24.3 Å². The van der Waals surface area contributed by atoms with Crippen molar-refractivity contribution in [3.63, 3.8) is 0 Å². The number of carbonyl (C=O) groups is 1. The molecule has 0 aromatic heterocycles. The summed E-state index contributed by atoms with van der Waals surface area (Å²) in [4.78, 5) is 11.7. The van der Waals surface area contributed by atoms with E-state index < -0.39 is 0 Å². The number of ether oxygens (including phenoxy) is 1. The van der Waals surface area contributed by atoms with Gasteiger partial charge in [-0.3, -0.25) is 4.79 Å². The molecule has 0 spiro atoms. The van der Waals surface area contributed by atoms with Crippen LogP contribution in [0.25, 0.3) is 0 Å². The van der Waals surface area contributed by atoms with Crippen LogP contribution < -0.4 is 0 Å². The van der Waals surface area contributed by atoms with Crippen molar-refractivity contribution in [2.75, 3.05) is 6.61 Å². The molecular formula is C14H20O2. The first kappa shape index (κ1) is 12.9. The Balaban J connectivity index is 2.37. The largest absolute Gasteiger partial charge is 0.378 e. The topological polar surface area (TPSA) is 26.3 Å². The third-order valence-corrected chi connectivity index (χ3v) is 2.48. The van der Waals surface area contributed by atoms with Gasteiger partial charge < -0.3 is 4.74 Å². The van der Waals surface area contributed by atoms with E-state index in [1.54, 1.807) is 0 Å². The van der Waals surface area contributed by atoms with E-state index in [4.69, 9.17) is 4.74 Å². The highest BCUT2D eigenvalue weighted by molar-refractivity contribution is 5.81. The summed E-state index contributed by atoms with van der Waals surface area (Å²) in [5.74, 6) is 0.245. The highest BCUT2D eigenvalue weighted by Gasteiger charge is 2.06. The fourth-order valence-corrected chi connectivity index (χ4v) is 1.52. The molecule has 0 bridgehead atoms. The molecule has 0 unspecified atom stereocenters. The molecule has 0 aliphatic heterocycles. The normalized spacial score (nSPS) is 10.8. The van der Waals surface area contributed by atoms with Crippen molar-refractivity contribution in [1.82, 2.24) is 0 Å². The first-order valence-corrected chi connectivity index (χ1v) is 5.77. The van der Waals surface area contributed by atoms with Crippen LogP contribution in [0.1, 0.15) is 31.4 Å². The molecular weight excluding hydrogens is 200 g/mol. The van der Waals surface area contributed by atoms with E-state index in [9.17, 15) is 4.79 Å². The Morgan fingerprint density at radius 3 is 2.62 bits per heavy atom. The van der Waals surface area contributed by atoms with Crippen LogP contribution in [-0.4, -0.2) is 18.5 Å². The van der Waals surface area contributed by atoms with E-state index in [-0.39, 0.29) is 11.9 Å². The number of aryl methyl sites for hydroxylation is 1. The monoisotopic (exact) mass is 220 g/mol. The van der Waals surface area contributed by atoms with Crippen molar-refractivity contribution in [2.45, 2.75) is 39.7 Å². The summed E-state index contributed by atoms with van der Waals surface area (Å²) in [6.07, 6.45) is 1.23. The van der Waals surface area contributed by atoms with Crippen LogP contribution in [0.4, 0.5) is 0 Å². The molecule has 0 radical (unpaired) electrons. The molecule has 0 atom stereocenters. The van der Waals surface area contributed by atoms with Gasteiger partial charge in [0.1, 0.15) is 5.78 Å². The molecule has 88 valence electrons. The number of carbonyl (C=O) groups excluding carboxylic acids is 1. The second-order valence-electron chi connectivity index (χ2n) is 4.31. The predicted molar refractivity (Wildman–Crippen MR) is 65.6 cm³/mol. The minimum Gasteiger partial charge on any atom is -0.378 e. The van der Waals surface area contributed by atoms with Gasteiger partial charge in [0.15, 0.2) is 0 Å². The summed E-state index contributed by atoms with van der Waals surface area (Å²) in [6.45, 7) is 6.52. The molecule has 0 saturated carbocycles. The number of ketones is 1. The molecule has 0 heterocycles. The van der Waals surface area contributed by atoms with Gasteiger partial charge in [-0.15, -0.1) is 0 Å². The van der Waals surface area contributed by atoms with E-state index in [1.807, 2.05) is 45.0 Å². The molecule has 0 aliphatic rings. The Morgan fingerprint density at radius 1 is 1.31 bits per heavy atom. The lowest BCUT2D eigenvalue weighted by Crippen LogP contribution is -2.11. The Bertz CT molecular complexity index is 342. The first-order valence-electron chi connectivity index (χ1n) is 5.77. The SMILES string of the molecule is Cc1ccccc1CC(=O)CCOC(C)C. The summed E-state index contributed by atoms with van der Waals surface area (Å²) in [5, 5.41) is 0. The Kier molecular flexibility index (Phi) is 5.20. The zero-order valence-electron chi connectivity index (χ0n) is 10.3. The molecule has 16 heavy (non-hydrogen) atoms. The Hall–Kier alpha value is -1.15. The number of Topliss-reactive ketones (excluding diaryl/α,β-unsaturated/α-hetero) is 1. The van der Waals surface area contributed by atoms with Crippen molar-refractivity contribution in [2.24, 2.45) is 0 Å². The van der Waals surface area contributed by atoms with Gasteiger partial charge >= 0.3 is 0 Å². The van der Waals surface area contributed by atoms with Gasteiger partial charge in [-0.05, 0) is 31.9 Å². The van der Waals surface area contributed by atoms with Crippen molar-refractivity contribution in [1.29, 1.82) is 0 Å². The smallest absolute Gasteiger partial charge is 0.139 e. The average molecular weight is 220 g/mol. The molecule has 0 N–H and O–H groups in total. The van der Waals surface area contributed by atoms with Gasteiger partial charge in [-0.25, -0.2) is 0 Å². The molecule has 0 amide bonds. The standard InChI is InChI=1S/C14H20O2/c1-11(2)16-9-8-14(15)10-13-7-5-4-6-12(13)3/h4-7,11H,8-10H2,1-3H3. The molecule has 2 nitrogen and oxygen atoms in total. The summed E-state index contributed by atoms with van der Waals surface area (Å²) in [7, 11) is 0. The van der Waals surface area contributed by atoms with Crippen molar-refractivity contribution in [3.8, 4) is 0 Å². The molecule has 1 aromatic rings. The fraction of sp³-hybridized carbons (Fsp3) is 0.500. The Morgan fingerprint density at radius 2 is 2.00 bits per heavy atom. The van der Waals surface area contributed by atoms with Crippen LogP contribution in [0.2, 0.25) is 0 Å². The molecule has 0 aliphatic carbocycles. The minimum absolute atomic E-state index is 0.200. The van der Waals surface area contributed by atoms with Crippen LogP contribution in [0, 0.1) is 6.92 Å². The van der Waals surface area contributed by atoms with E-state index in [0.717, 1.165) is 5.56 Å². The third kappa shape index (κ3) is 4.58. The van der Waals surface area contributed by atoms with Crippen LogP contribution in [-0.2, 0) is 16.0 Å². The minimum atomic E-state index is 0.200. The maximum atomic E-state index is 11.7. The summed E-state index contributed by atoms with van der Waals surface area (Å²) >= 11 is 0. The highest BCUT2D eigenvalue weighted by Crippen LogP contribution is 2.09. The van der Waals surface area contributed by atoms with Crippen LogP contribution in [0.15, 0.2) is 24.3 Å². The molecule has 1 rings (SSSR count). The van der Waals surface area contributed by atoms with E-state index in [0.29, 0.717) is 19.4 Å². The number of hydrogen-bond donors (Lipinski definition) is 0. The first-order chi connectivity index (χ1) is 7.59. The number of hydrogen-bond acceptors (Lipinski definition) is 2. The quantitative estimate of drug-likeness (QED) is 0.736. The van der Waals surface area contributed by atoms with Gasteiger partial charge in [0.2, 0.25) is 0 Å². The van der Waals surface area contributed by atoms with E-state index in [2.05, 4.69) is 0 Å². The van der Waals surface area contributed by atoms with Crippen LogP contribution in [0.3, 0.4) is 0 Å². The summed E-state index contributed by atoms with van der Waals surface area (Å²) in [5.41, 5.74) is 2.30. The molecule has 0 saturated heterocycles. The molecule has 0 fully saturated rings. The zero-order valence-corrected chi connectivity index (χ0v) is 10.3. The van der Waals surface area contributed by atoms with Gasteiger partial charge in [-0.2, -0.15) is 0 Å². The molecule has 1 aromatic carbocycles. The van der Waals surface area contributed by atoms with Gasteiger partial charge in [0.25, 0.3) is 0 Å². The number of rotatable bonds is 6. The lowest BCUT2D eigenvalue weighted by Gasteiger charge is -2.07. The van der Waals surface area contributed by atoms with Crippen molar-refractivity contribution >= 4 is 5.78 Å². The molecule has 2 heteroatoms. The Labute approximate surface area is 97.6 Å². The average Bonchev–Trinajstić information content (AvgIpc) is 2.21. The van der Waals surface area contributed by atoms with Gasteiger partial charge in [0.05, 0.1) is 12.7 Å². The lowest BCUT2D eigenvalue weighted by molar-refractivity contribution is -0.119. The van der Waals surface area contributed by atoms with Crippen molar-refractivity contribution in [3.05, 3.63) is 35.4 Å². The van der Waals surface area contributed by atoms with Gasteiger partial charge in [0, 0.05) is 12.8 Å². The lowest BCUT2D eigenvalue weighted by atomic mass is 10.0. The van der Waals surface area contributed by atoms with Crippen LogP contribution >= 0.6 is 0 Å². The second kappa shape index (κ2) is 6.44. The maximum absolute atomic E-state index is 11.7. The zero-order chi connectivity index (χ0) is 12.0. The third-order valence-electron chi connectivity index (χ3n) is 2.48. The second-order valence-corrected chi connectivity index (χ2v) is 4.31. The van der Waals surface area contributed by atoms with E-state index in [1.165, 1.54) is 5.56 Å². The highest BCUT2D eigenvalue weighted by atomic mass is 16.5. The fourth-order valence-electron chi connectivity index (χ4n) is 1.52. The number of benzene rings is 1. The summed E-state index contributed by atoms with van der Waals surface area (Å²) in [6, 6.07) is 8.01. The van der Waals surface area contributed by atoms with Crippen molar-refractivity contribution < 1.29 is 9.53 Å². The predicted octanol–water partition coefficient (Wildman–Crippen LogP) is 2.92. The van der Waals surface area contributed by atoms with Crippen LogP contribution in [0.5, 0.6) is 0 Å².